The van der Waals surface area contributed by atoms with Crippen LogP contribution in [0.25, 0.3) is 11.4 Å². The van der Waals surface area contributed by atoms with Crippen LogP contribution in [-0.2, 0) is 28.0 Å². The minimum Gasteiger partial charge on any atom is -0.494 e. The predicted molar refractivity (Wildman–Crippen MR) is 268 cm³/mol. The second-order valence-corrected chi connectivity index (χ2v) is 15.6. The average Bonchev–Trinajstić information content (AvgIpc) is 3.97. The Kier molecular flexibility index (Phi) is 21.3. The molecule has 0 radical (unpaired) electrons. The maximum atomic E-state index is 12.7. The Morgan fingerprint density at radius 1 is 0.857 bits per heavy atom. The number of aromatic nitrogens is 5. The van der Waals surface area contributed by atoms with E-state index in [4.69, 9.17) is 16.2 Å². The van der Waals surface area contributed by atoms with Crippen LogP contribution in [0, 0.1) is 0 Å². The molecule has 4 amide bonds. The van der Waals surface area contributed by atoms with Gasteiger partial charge in [0.25, 0.3) is 17.7 Å². The fourth-order valence-corrected chi connectivity index (χ4v) is 7.36. The summed E-state index contributed by atoms with van der Waals surface area (Å²) in [6.07, 6.45) is 6.60. The number of aldehydes is 2. The molecule has 2 aromatic carbocycles. The standard InChI is InChI=1S/C26H28N10O4.C19H26N4O3.C2H6.CH5N/c1-36-14-31-25(35-36)17-4-3-5-19(23(17)40-2)33-20-10-22(30-12-18(20)24(28)38)34-21-7-6-15(11-29-21)26(39)32-16(13-37)8-9-27;1-20-18(25)6-4-16(13-24)23-12-14-11-15(3-5-17(14)19(23)26)22-9-7-21(2)8-10-22;2*1-2/h3-7,10-14,16H,8-9,27H2,1-2H3,(H2,28,38)(H,32,39)(H2,29,30,33,34);3,5,11,13,16H,4,6-10,12H2,1-2H3,(H,20,25);1-2H3;2H2,1H3. The van der Waals surface area contributed by atoms with E-state index in [1.807, 2.05) is 32.0 Å². The van der Waals surface area contributed by atoms with E-state index >= 15 is 0 Å². The van der Waals surface area contributed by atoms with Gasteiger partial charge in [0.15, 0.2) is 11.6 Å². The lowest BCUT2D eigenvalue weighted by Gasteiger charge is -2.34. The molecule has 0 bridgehead atoms. The molecule has 2 unspecified atom stereocenters. The number of benzene rings is 2. The first-order valence-corrected chi connectivity index (χ1v) is 22.8. The second-order valence-electron chi connectivity index (χ2n) is 15.6. The highest BCUT2D eigenvalue weighted by Crippen LogP contribution is 2.37. The Labute approximate surface area is 407 Å². The maximum Gasteiger partial charge on any atom is 0.255 e. The number of nitrogens with zero attached hydrogens (tertiary/aromatic N) is 8. The molecule has 0 spiro atoms. The molecule has 70 heavy (non-hydrogen) atoms. The minimum atomic E-state index is -0.681. The number of carbonyl (C=O) groups is 6. The Bertz CT molecular complexity index is 2550. The summed E-state index contributed by atoms with van der Waals surface area (Å²) in [5.74, 6) is 0.294. The zero-order chi connectivity index (χ0) is 51.3. The van der Waals surface area contributed by atoms with Crippen molar-refractivity contribution in [1.82, 2.24) is 45.2 Å². The highest BCUT2D eigenvalue weighted by Gasteiger charge is 2.33. The zero-order valence-corrected chi connectivity index (χ0v) is 40.8. The Morgan fingerprint density at radius 2 is 1.59 bits per heavy atom. The molecule has 7 rings (SSSR count). The van der Waals surface area contributed by atoms with Crippen LogP contribution in [0.5, 0.6) is 5.75 Å². The summed E-state index contributed by atoms with van der Waals surface area (Å²) in [6.45, 7) is 8.67. The van der Waals surface area contributed by atoms with Gasteiger partial charge in [-0.15, -0.1) is 0 Å². The number of primary amides is 1. The number of fused-ring (bicyclic) bond motifs is 1. The number of carbonyl (C=O) groups excluding carboxylic acids is 6. The van der Waals surface area contributed by atoms with Crippen LogP contribution in [0.1, 0.15) is 69.7 Å². The van der Waals surface area contributed by atoms with Crippen LogP contribution < -0.4 is 48.1 Å². The summed E-state index contributed by atoms with van der Waals surface area (Å²) in [6, 6.07) is 14.8. The van der Waals surface area contributed by atoms with Gasteiger partial charge in [0, 0.05) is 83.0 Å². The number of nitrogens with one attached hydrogen (secondary N) is 4. The summed E-state index contributed by atoms with van der Waals surface area (Å²) >= 11 is 0. The van der Waals surface area contributed by atoms with Gasteiger partial charge in [-0.05, 0) is 81.5 Å². The molecule has 22 nitrogen and oxygen atoms in total. The summed E-state index contributed by atoms with van der Waals surface area (Å²) in [7, 11) is 8.47. The monoisotopic (exact) mass is 964 g/mol. The number of likely N-dealkylation sites (N-methyl/N-ethyl adjacent to an activating group) is 1. The number of amides is 4. The third kappa shape index (κ3) is 14.4. The van der Waals surface area contributed by atoms with Crippen molar-refractivity contribution in [3.05, 3.63) is 95.6 Å². The SMILES string of the molecule is CC.CN.CNC(=O)CCC(C=O)N1Cc2cc(N3CCN(C)CC3)ccc2C1=O.COc1c(Nc2cc(Nc3ccc(C(=O)NC(C=O)CCN)cn3)ncc2C(N)=O)cccc1-c1ncn(C)n1. The molecule has 2 aliphatic heterocycles. The van der Waals surface area contributed by atoms with Crippen LogP contribution in [0.2, 0.25) is 0 Å². The number of hydrogen-bond acceptors (Lipinski definition) is 17. The molecule has 22 heteroatoms. The molecule has 1 saturated heterocycles. The number of methoxy groups -OCH3 is 1. The van der Waals surface area contributed by atoms with Crippen molar-refractivity contribution < 1.29 is 33.5 Å². The van der Waals surface area contributed by atoms with Gasteiger partial charge in [-0.25, -0.2) is 15.0 Å². The highest BCUT2D eigenvalue weighted by molar-refractivity contribution is 6.01. The highest BCUT2D eigenvalue weighted by atomic mass is 16.5. The normalized spacial score (nSPS) is 13.6. The van der Waals surface area contributed by atoms with E-state index < -0.39 is 23.9 Å². The lowest BCUT2D eigenvalue weighted by molar-refractivity contribution is -0.121. The van der Waals surface area contributed by atoms with Crippen LogP contribution in [0.4, 0.5) is 28.7 Å². The largest absolute Gasteiger partial charge is 0.494 e. The van der Waals surface area contributed by atoms with E-state index in [0.29, 0.717) is 71.4 Å². The van der Waals surface area contributed by atoms with Crippen LogP contribution in [-0.4, -0.2) is 144 Å². The third-order valence-corrected chi connectivity index (χ3v) is 11.0. The number of nitrogens with two attached hydrogens (primary N) is 3. The van der Waals surface area contributed by atoms with Gasteiger partial charge < -0.3 is 67.5 Å². The maximum absolute atomic E-state index is 12.7. The summed E-state index contributed by atoms with van der Waals surface area (Å²) in [5.41, 5.74) is 20.3. The van der Waals surface area contributed by atoms with Gasteiger partial charge in [0.05, 0.1) is 47.3 Å². The van der Waals surface area contributed by atoms with Crippen LogP contribution >= 0.6 is 0 Å². The Balaban J connectivity index is 0.000000306. The van der Waals surface area contributed by atoms with Gasteiger partial charge in [-0.3, -0.25) is 23.9 Å². The molecule has 2 atom stereocenters. The number of aryl methyl sites for hydroxylation is 1. The van der Waals surface area contributed by atoms with Crippen LogP contribution in [0.15, 0.2) is 73.3 Å². The first-order valence-electron chi connectivity index (χ1n) is 22.8. The van der Waals surface area contributed by atoms with Gasteiger partial charge in [0.2, 0.25) is 5.91 Å². The minimum absolute atomic E-state index is 0.126. The second kappa shape index (κ2) is 27.2. The van der Waals surface area contributed by atoms with Gasteiger partial charge >= 0.3 is 0 Å². The number of hydrogen-bond donors (Lipinski definition) is 7. The fourth-order valence-electron chi connectivity index (χ4n) is 7.36. The van der Waals surface area contributed by atoms with Crippen molar-refractivity contribution in [2.75, 3.05) is 76.5 Å². The van der Waals surface area contributed by atoms with Crippen molar-refractivity contribution in [1.29, 1.82) is 0 Å². The number of piperazine rings is 1. The molecule has 0 aliphatic carbocycles. The molecule has 0 saturated carbocycles. The number of pyridine rings is 2. The molecule has 374 valence electrons. The molecule has 1 fully saturated rings. The van der Waals surface area contributed by atoms with Crippen molar-refractivity contribution in [2.24, 2.45) is 24.2 Å². The lowest BCUT2D eigenvalue weighted by Crippen LogP contribution is -2.44. The number of anilines is 5. The van der Waals surface area contributed by atoms with E-state index in [1.54, 1.807) is 60.3 Å². The summed E-state index contributed by atoms with van der Waals surface area (Å²) in [4.78, 5) is 90.3. The summed E-state index contributed by atoms with van der Waals surface area (Å²) in [5, 5.41) is 15.7. The first-order chi connectivity index (χ1) is 33.8. The topological polar surface area (TPSA) is 304 Å². The quantitative estimate of drug-likeness (QED) is 0.0621. The average molecular weight is 964 g/mol. The van der Waals surface area contributed by atoms with Crippen LogP contribution in [0.3, 0.4) is 0 Å². The van der Waals surface area contributed by atoms with Gasteiger partial charge in [0.1, 0.15) is 30.5 Å². The van der Waals surface area contributed by atoms with Crippen molar-refractivity contribution >= 4 is 64.9 Å². The molecule has 10 N–H and O–H groups in total. The molecule has 5 aromatic rings. The molecule has 5 heterocycles. The van der Waals surface area contributed by atoms with Crippen molar-refractivity contribution in [2.45, 2.75) is 51.7 Å². The molecular formula is C48H65N15O7. The third-order valence-electron chi connectivity index (χ3n) is 11.0. The fraction of sp³-hybridized carbons (Fsp3) is 0.375. The molecular weight excluding hydrogens is 899 g/mol. The van der Waals surface area contributed by atoms with E-state index in [1.165, 1.54) is 26.6 Å². The number of rotatable bonds is 18. The lowest BCUT2D eigenvalue weighted by atomic mass is 10.1. The zero-order valence-electron chi connectivity index (χ0n) is 40.8. The number of para-hydroxylation sites is 1. The van der Waals surface area contributed by atoms with E-state index in [-0.39, 0.29) is 35.9 Å². The summed E-state index contributed by atoms with van der Waals surface area (Å²) < 4.78 is 7.23. The van der Waals surface area contributed by atoms with E-state index in [2.05, 4.69) is 70.0 Å². The van der Waals surface area contributed by atoms with Gasteiger partial charge in [-0.2, -0.15) is 5.10 Å². The first kappa shape index (κ1) is 54.8. The Hall–Kier alpha value is -7.82. The molecule has 2 aliphatic rings. The van der Waals surface area contributed by atoms with E-state index in [9.17, 15) is 28.8 Å². The van der Waals surface area contributed by atoms with E-state index in [0.717, 1.165) is 43.7 Å². The van der Waals surface area contributed by atoms with Gasteiger partial charge in [-0.1, -0.05) is 19.9 Å². The van der Waals surface area contributed by atoms with Crippen molar-refractivity contribution in [3.8, 4) is 17.1 Å². The smallest absolute Gasteiger partial charge is 0.255 e. The predicted octanol–water partition coefficient (Wildman–Crippen LogP) is 2.60. The molecule has 3 aromatic heterocycles. The van der Waals surface area contributed by atoms with Crippen molar-refractivity contribution in [3.63, 3.8) is 0 Å². The number of ether oxygens (including phenoxy) is 1. The Morgan fingerprint density at radius 3 is 2.19 bits per heavy atom.